The summed E-state index contributed by atoms with van der Waals surface area (Å²) < 4.78 is 15.7. The Morgan fingerprint density at radius 1 is 1.30 bits per heavy atom. The van der Waals surface area contributed by atoms with E-state index in [-0.39, 0.29) is 13.0 Å². The lowest BCUT2D eigenvalue weighted by Crippen LogP contribution is -2.50. The summed E-state index contributed by atoms with van der Waals surface area (Å²) >= 11 is 0. The maximum absolute atomic E-state index is 9.87. The van der Waals surface area contributed by atoms with Crippen LogP contribution in [0.4, 0.5) is 0 Å². The molecule has 1 aliphatic heterocycles. The Hall–Kier alpha value is -1.02. The SMILES string of the molecule is COC1OC(COC(O)c2ccccc2)CC(O)C1O. The molecule has 1 fully saturated rings. The van der Waals surface area contributed by atoms with Crippen molar-refractivity contribution in [2.45, 2.75) is 37.3 Å². The predicted molar refractivity (Wildman–Crippen MR) is 69.7 cm³/mol. The highest BCUT2D eigenvalue weighted by molar-refractivity contribution is 5.15. The summed E-state index contributed by atoms with van der Waals surface area (Å²) in [5.41, 5.74) is 0.646. The van der Waals surface area contributed by atoms with Crippen molar-refractivity contribution in [3.05, 3.63) is 35.9 Å². The Morgan fingerprint density at radius 2 is 2.00 bits per heavy atom. The molecule has 0 saturated carbocycles. The lowest BCUT2D eigenvalue weighted by Gasteiger charge is -2.36. The number of methoxy groups -OCH3 is 1. The summed E-state index contributed by atoms with van der Waals surface area (Å²) in [7, 11) is 1.39. The second-order valence-corrected chi connectivity index (χ2v) is 4.75. The van der Waals surface area contributed by atoms with Crippen LogP contribution in [0.2, 0.25) is 0 Å². The van der Waals surface area contributed by atoms with Gasteiger partial charge in [-0.25, -0.2) is 0 Å². The fraction of sp³-hybridized carbons (Fsp3) is 0.571. The third kappa shape index (κ3) is 3.76. The van der Waals surface area contributed by atoms with Gasteiger partial charge in [0, 0.05) is 19.1 Å². The van der Waals surface area contributed by atoms with Gasteiger partial charge in [-0.15, -0.1) is 0 Å². The van der Waals surface area contributed by atoms with Gasteiger partial charge in [-0.1, -0.05) is 30.3 Å². The lowest BCUT2D eigenvalue weighted by molar-refractivity contribution is -0.271. The van der Waals surface area contributed by atoms with E-state index in [4.69, 9.17) is 14.2 Å². The number of hydrogen-bond donors (Lipinski definition) is 3. The van der Waals surface area contributed by atoms with Gasteiger partial charge in [-0.3, -0.25) is 0 Å². The van der Waals surface area contributed by atoms with E-state index in [1.807, 2.05) is 6.07 Å². The number of ether oxygens (including phenoxy) is 3. The fourth-order valence-corrected chi connectivity index (χ4v) is 2.13. The Balaban J connectivity index is 1.85. The van der Waals surface area contributed by atoms with Gasteiger partial charge >= 0.3 is 0 Å². The number of aliphatic hydroxyl groups is 3. The summed E-state index contributed by atoms with van der Waals surface area (Å²) in [5, 5.41) is 29.2. The highest BCUT2D eigenvalue weighted by Gasteiger charge is 2.37. The number of aliphatic hydroxyl groups excluding tert-OH is 3. The van der Waals surface area contributed by atoms with Crippen LogP contribution in [-0.2, 0) is 14.2 Å². The first kappa shape index (κ1) is 15.4. The average Bonchev–Trinajstić information content (AvgIpc) is 2.48. The van der Waals surface area contributed by atoms with Crippen LogP contribution >= 0.6 is 0 Å². The molecule has 3 N–H and O–H groups in total. The lowest BCUT2D eigenvalue weighted by atomic mass is 10.0. The molecule has 0 bridgehead atoms. The molecule has 20 heavy (non-hydrogen) atoms. The van der Waals surface area contributed by atoms with Gasteiger partial charge in [-0.05, 0) is 0 Å². The van der Waals surface area contributed by atoms with Crippen molar-refractivity contribution in [2.24, 2.45) is 0 Å². The zero-order valence-electron chi connectivity index (χ0n) is 11.3. The first-order chi connectivity index (χ1) is 9.61. The molecule has 5 atom stereocenters. The molecule has 6 heteroatoms. The van der Waals surface area contributed by atoms with E-state index in [0.717, 1.165) is 0 Å². The number of benzene rings is 1. The zero-order valence-corrected chi connectivity index (χ0v) is 11.3. The number of hydrogen-bond acceptors (Lipinski definition) is 6. The topological polar surface area (TPSA) is 88.4 Å². The van der Waals surface area contributed by atoms with Gasteiger partial charge in [0.2, 0.25) is 0 Å². The van der Waals surface area contributed by atoms with Crippen molar-refractivity contribution in [1.82, 2.24) is 0 Å². The van der Waals surface area contributed by atoms with Gasteiger partial charge in [0.15, 0.2) is 12.6 Å². The highest BCUT2D eigenvalue weighted by atomic mass is 16.7. The van der Waals surface area contributed by atoms with E-state index >= 15 is 0 Å². The molecule has 1 aliphatic rings. The Labute approximate surface area is 117 Å². The zero-order chi connectivity index (χ0) is 14.5. The molecule has 112 valence electrons. The molecule has 5 unspecified atom stereocenters. The first-order valence-electron chi connectivity index (χ1n) is 6.51. The van der Waals surface area contributed by atoms with Gasteiger partial charge in [-0.2, -0.15) is 0 Å². The minimum atomic E-state index is -1.07. The second kappa shape index (κ2) is 7.12. The van der Waals surface area contributed by atoms with Crippen molar-refractivity contribution in [3.63, 3.8) is 0 Å². The molecular formula is C14H20O6. The summed E-state index contributed by atoms with van der Waals surface area (Å²) in [6, 6.07) is 8.97. The standard InChI is InChI=1S/C14H20O6/c1-18-14-12(16)11(15)7-10(20-14)8-19-13(17)9-5-3-2-4-6-9/h2-6,10-17H,7-8H2,1H3. The molecule has 1 aromatic rings. The molecule has 0 aliphatic carbocycles. The van der Waals surface area contributed by atoms with Crippen LogP contribution in [0.1, 0.15) is 18.3 Å². The van der Waals surface area contributed by atoms with Crippen LogP contribution in [0.3, 0.4) is 0 Å². The van der Waals surface area contributed by atoms with E-state index in [9.17, 15) is 15.3 Å². The highest BCUT2D eigenvalue weighted by Crippen LogP contribution is 2.23. The minimum absolute atomic E-state index is 0.0969. The smallest absolute Gasteiger partial charge is 0.186 e. The largest absolute Gasteiger partial charge is 0.390 e. The Kier molecular flexibility index (Phi) is 5.47. The van der Waals surface area contributed by atoms with Gasteiger partial charge < -0.3 is 29.5 Å². The number of rotatable bonds is 5. The summed E-state index contributed by atoms with van der Waals surface area (Å²) in [4.78, 5) is 0. The van der Waals surface area contributed by atoms with Crippen LogP contribution in [0.5, 0.6) is 0 Å². The second-order valence-electron chi connectivity index (χ2n) is 4.75. The molecule has 1 aromatic carbocycles. The molecule has 1 heterocycles. The van der Waals surface area contributed by atoms with Crippen molar-refractivity contribution < 1.29 is 29.5 Å². The van der Waals surface area contributed by atoms with Crippen LogP contribution in [0.15, 0.2) is 30.3 Å². The van der Waals surface area contributed by atoms with Crippen molar-refractivity contribution in [3.8, 4) is 0 Å². The molecule has 0 radical (unpaired) electrons. The van der Waals surface area contributed by atoms with E-state index in [1.165, 1.54) is 7.11 Å². The van der Waals surface area contributed by atoms with Gasteiger partial charge in [0.05, 0.1) is 18.8 Å². The summed E-state index contributed by atoms with van der Waals surface area (Å²) in [6.45, 7) is 0.0969. The molecular weight excluding hydrogens is 264 g/mol. The molecule has 2 rings (SSSR count). The summed E-state index contributed by atoms with van der Waals surface area (Å²) in [6.07, 6.45) is -4.17. The Morgan fingerprint density at radius 3 is 2.65 bits per heavy atom. The molecule has 0 aromatic heterocycles. The minimum Gasteiger partial charge on any atom is -0.390 e. The average molecular weight is 284 g/mol. The predicted octanol–water partition coefficient (Wildman–Crippen LogP) is 0.177. The van der Waals surface area contributed by atoms with E-state index in [1.54, 1.807) is 24.3 Å². The van der Waals surface area contributed by atoms with Gasteiger partial charge in [0.1, 0.15) is 6.10 Å². The van der Waals surface area contributed by atoms with Gasteiger partial charge in [0.25, 0.3) is 0 Å². The molecule has 6 nitrogen and oxygen atoms in total. The van der Waals surface area contributed by atoms with Crippen LogP contribution < -0.4 is 0 Å². The molecule has 0 spiro atoms. The maximum atomic E-state index is 9.87. The third-order valence-electron chi connectivity index (χ3n) is 3.26. The van der Waals surface area contributed by atoms with Crippen LogP contribution in [0.25, 0.3) is 0 Å². The molecule has 1 saturated heterocycles. The van der Waals surface area contributed by atoms with Crippen molar-refractivity contribution >= 4 is 0 Å². The Bertz CT molecular complexity index is 398. The molecule has 0 amide bonds. The summed E-state index contributed by atoms with van der Waals surface area (Å²) in [5.74, 6) is 0. The van der Waals surface area contributed by atoms with Crippen LogP contribution in [-0.4, -0.2) is 53.6 Å². The van der Waals surface area contributed by atoms with E-state index in [2.05, 4.69) is 0 Å². The quantitative estimate of drug-likeness (QED) is 0.668. The monoisotopic (exact) mass is 284 g/mol. The third-order valence-corrected chi connectivity index (χ3v) is 3.26. The van der Waals surface area contributed by atoms with Crippen molar-refractivity contribution in [1.29, 1.82) is 0 Å². The van der Waals surface area contributed by atoms with E-state index < -0.39 is 30.9 Å². The van der Waals surface area contributed by atoms with Crippen molar-refractivity contribution in [2.75, 3.05) is 13.7 Å². The van der Waals surface area contributed by atoms with Crippen LogP contribution in [0, 0.1) is 0 Å². The maximum Gasteiger partial charge on any atom is 0.186 e. The normalized spacial score (nSPS) is 32.0. The fourth-order valence-electron chi connectivity index (χ4n) is 2.13. The van der Waals surface area contributed by atoms with E-state index in [0.29, 0.717) is 5.56 Å². The first-order valence-corrected chi connectivity index (χ1v) is 6.51.